The van der Waals surface area contributed by atoms with Crippen molar-refractivity contribution in [3.05, 3.63) is 90.3 Å². The second-order valence-corrected chi connectivity index (χ2v) is 17.9. The number of anilines is 1. The second kappa shape index (κ2) is 19.2. The Morgan fingerprint density at radius 2 is 1.55 bits per heavy atom. The molecular weight excluding hydrogens is 849 g/mol. The predicted molar refractivity (Wildman–Crippen MR) is 242 cm³/mol. The Morgan fingerprint density at radius 1 is 0.800 bits per heavy atom. The zero-order valence-corrected chi connectivity index (χ0v) is 36.7. The van der Waals surface area contributed by atoms with Crippen LogP contribution in [0.5, 0.6) is 11.5 Å². The van der Waals surface area contributed by atoms with Crippen molar-refractivity contribution in [2.45, 2.75) is 68.3 Å². The molecule has 6 heterocycles. The molecule has 0 radical (unpaired) electrons. The van der Waals surface area contributed by atoms with Crippen molar-refractivity contribution >= 4 is 64.1 Å². The van der Waals surface area contributed by atoms with Gasteiger partial charge in [0.15, 0.2) is 5.65 Å². The molecular formula is C47H50N10O7S. The quantitative estimate of drug-likeness (QED) is 0.0863. The number of carbonyl (C=O) groups is 6. The number of benzene rings is 3. The molecule has 3 fully saturated rings. The number of nitrogens with one attached hydrogen (secondary N) is 1. The number of likely N-dealkylation sites (tertiary alicyclic amines) is 1. The molecule has 4 aliphatic rings. The maximum Gasteiger partial charge on any atom is 0.263 e. The molecule has 0 spiro atoms. The van der Waals surface area contributed by atoms with Crippen LogP contribution in [0.2, 0.25) is 0 Å². The van der Waals surface area contributed by atoms with E-state index in [4.69, 9.17) is 15.6 Å². The van der Waals surface area contributed by atoms with Crippen LogP contribution in [-0.4, -0.2) is 132 Å². The molecule has 4 aliphatic heterocycles. The van der Waals surface area contributed by atoms with E-state index in [1.807, 2.05) is 69.1 Å². The topological polar surface area (TPSA) is 206 Å². The van der Waals surface area contributed by atoms with Gasteiger partial charge in [0.2, 0.25) is 23.6 Å². The molecule has 2 unspecified atom stereocenters. The zero-order chi connectivity index (χ0) is 45.0. The summed E-state index contributed by atoms with van der Waals surface area (Å²) >= 11 is 1.41. The number of hydrogen-bond acceptors (Lipinski definition) is 13. The summed E-state index contributed by atoms with van der Waals surface area (Å²) in [6.07, 6.45) is 5.39. The van der Waals surface area contributed by atoms with Gasteiger partial charge >= 0.3 is 0 Å². The summed E-state index contributed by atoms with van der Waals surface area (Å²) in [7, 11) is 0. The van der Waals surface area contributed by atoms with Crippen LogP contribution in [0.4, 0.5) is 5.82 Å². The van der Waals surface area contributed by atoms with Crippen LogP contribution in [0, 0.1) is 0 Å². The third kappa shape index (κ3) is 9.31. The monoisotopic (exact) mass is 898 g/mol. The molecule has 336 valence electrons. The molecule has 6 amide bonds. The van der Waals surface area contributed by atoms with Crippen LogP contribution in [0.1, 0.15) is 78.1 Å². The molecule has 9 rings (SSSR count). The van der Waals surface area contributed by atoms with Gasteiger partial charge in [-0.05, 0) is 92.9 Å². The lowest BCUT2D eigenvalue weighted by Crippen LogP contribution is -2.54. The highest BCUT2D eigenvalue weighted by atomic mass is 32.2. The fraction of sp³-hybridized carbons (Fsp3) is 0.383. The lowest BCUT2D eigenvalue weighted by molar-refractivity contribution is -0.136. The van der Waals surface area contributed by atoms with Crippen molar-refractivity contribution in [1.82, 2.24) is 44.7 Å². The standard InChI is InChI=1S/C47H50N10O7S/c48-43-41-42(30-15-17-33(18-16-30)64-32-9-2-1-3-10-32)52-57(44(41)50-29-49-43)31-8-5-22-55(28-31)39(60)13-6-21-53-23-25-54(26-24-53)38(59)14-7-27-65-36-12-4-11-34-40(36)47(63)56(46(34)62)35-19-20-37(58)51-45(35)61/h1-4,9-12,15-18,29,31,35H,5-8,13-14,19-28H2,(H2,48,49,50)(H,51,58,61). The Hall–Kier alpha value is -6.66. The van der Waals surface area contributed by atoms with Crippen LogP contribution in [0.3, 0.4) is 0 Å². The van der Waals surface area contributed by atoms with Gasteiger partial charge in [0.1, 0.15) is 35.4 Å². The number of amides is 6. The number of piperazine rings is 1. The van der Waals surface area contributed by atoms with Gasteiger partial charge in [-0.1, -0.05) is 24.3 Å². The molecule has 0 saturated carbocycles. The van der Waals surface area contributed by atoms with Crippen molar-refractivity contribution in [3.63, 3.8) is 0 Å². The minimum atomic E-state index is -1.02. The van der Waals surface area contributed by atoms with Gasteiger partial charge in [-0.15, -0.1) is 11.8 Å². The summed E-state index contributed by atoms with van der Waals surface area (Å²) in [5.41, 5.74) is 9.11. The van der Waals surface area contributed by atoms with Gasteiger partial charge in [-0.25, -0.2) is 14.6 Å². The second-order valence-electron chi connectivity index (χ2n) is 16.7. The first-order valence-corrected chi connectivity index (χ1v) is 23.2. The largest absolute Gasteiger partial charge is 0.457 e. The number of imide groups is 2. The number of hydrogen-bond donors (Lipinski definition) is 2. The van der Waals surface area contributed by atoms with Crippen molar-refractivity contribution in [3.8, 4) is 22.8 Å². The number of nitrogens with zero attached hydrogens (tertiary/aromatic N) is 8. The molecule has 18 heteroatoms. The van der Waals surface area contributed by atoms with Gasteiger partial charge in [-0.2, -0.15) is 5.10 Å². The van der Waals surface area contributed by atoms with E-state index in [9.17, 15) is 28.8 Å². The van der Waals surface area contributed by atoms with Crippen LogP contribution < -0.4 is 15.8 Å². The maximum absolute atomic E-state index is 13.6. The van der Waals surface area contributed by atoms with E-state index in [1.165, 1.54) is 18.1 Å². The molecule has 65 heavy (non-hydrogen) atoms. The van der Waals surface area contributed by atoms with E-state index in [0.29, 0.717) is 84.4 Å². The molecule has 5 aromatic rings. The lowest BCUT2D eigenvalue weighted by atomic mass is 10.0. The number of aromatic nitrogens is 4. The van der Waals surface area contributed by atoms with E-state index in [0.717, 1.165) is 55.1 Å². The van der Waals surface area contributed by atoms with E-state index in [2.05, 4.69) is 20.2 Å². The first-order chi connectivity index (χ1) is 31.6. The molecule has 3 saturated heterocycles. The normalized spacial score (nSPS) is 19.2. The SMILES string of the molecule is Nc1ncnc2c1c(-c1ccc(Oc3ccccc3)cc1)nn2C1CCCN(C(=O)CCCN2CCN(C(=O)CCCSc3cccc4c3C(=O)N(C3CCC(=O)NC3=O)C4=O)CC2)C1. The number of thioether (sulfide) groups is 1. The molecule has 17 nitrogen and oxygen atoms in total. The highest BCUT2D eigenvalue weighted by Gasteiger charge is 2.45. The zero-order valence-electron chi connectivity index (χ0n) is 35.9. The van der Waals surface area contributed by atoms with E-state index in [-0.39, 0.29) is 41.8 Å². The first kappa shape index (κ1) is 43.6. The number of rotatable bonds is 14. The van der Waals surface area contributed by atoms with E-state index >= 15 is 0 Å². The number of piperidine rings is 2. The van der Waals surface area contributed by atoms with Gasteiger partial charge in [0, 0.05) is 69.0 Å². The van der Waals surface area contributed by atoms with Gasteiger partial charge in [0.25, 0.3) is 11.8 Å². The third-order valence-electron chi connectivity index (χ3n) is 12.5. The van der Waals surface area contributed by atoms with Crippen LogP contribution in [0.15, 0.2) is 84.0 Å². The minimum Gasteiger partial charge on any atom is -0.457 e. The highest BCUT2D eigenvalue weighted by molar-refractivity contribution is 7.99. The Bertz CT molecular complexity index is 2630. The fourth-order valence-corrected chi connectivity index (χ4v) is 10.2. The molecule has 0 bridgehead atoms. The average molecular weight is 899 g/mol. The number of nitrogen functional groups attached to an aromatic ring is 1. The Labute approximate surface area is 379 Å². The Morgan fingerprint density at radius 3 is 2.34 bits per heavy atom. The summed E-state index contributed by atoms with van der Waals surface area (Å²) in [4.78, 5) is 94.1. The molecule has 2 aromatic heterocycles. The number of carbonyl (C=O) groups excluding carboxylic acids is 6. The van der Waals surface area contributed by atoms with Crippen LogP contribution in [0.25, 0.3) is 22.3 Å². The average Bonchev–Trinajstić information content (AvgIpc) is 3.84. The maximum atomic E-state index is 13.6. The van der Waals surface area contributed by atoms with Crippen molar-refractivity contribution in [1.29, 1.82) is 0 Å². The van der Waals surface area contributed by atoms with Gasteiger partial charge < -0.3 is 20.3 Å². The molecule has 0 aliphatic carbocycles. The summed E-state index contributed by atoms with van der Waals surface area (Å²) in [6.45, 7) is 4.69. The smallest absolute Gasteiger partial charge is 0.263 e. The molecule has 2 atom stereocenters. The van der Waals surface area contributed by atoms with Crippen LogP contribution >= 0.6 is 11.8 Å². The number of fused-ring (bicyclic) bond motifs is 2. The minimum absolute atomic E-state index is 0.0585. The predicted octanol–water partition coefficient (Wildman–Crippen LogP) is 4.93. The van der Waals surface area contributed by atoms with Crippen molar-refractivity contribution < 1.29 is 33.5 Å². The number of para-hydroxylation sites is 1. The van der Waals surface area contributed by atoms with Crippen LogP contribution in [-0.2, 0) is 19.2 Å². The highest BCUT2D eigenvalue weighted by Crippen LogP contribution is 2.37. The van der Waals surface area contributed by atoms with Gasteiger partial charge in [0.05, 0.1) is 22.6 Å². The number of nitrogens with two attached hydrogens (primary N) is 1. The van der Waals surface area contributed by atoms with Crippen molar-refractivity contribution in [2.24, 2.45) is 0 Å². The number of ether oxygens (including phenoxy) is 1. The van der Waals surface area contributed by atoms with E-state index < -0.39 is 29.7 Å². The Kier molecular flexibility index (Phi) is 12.9. The van der Waals surface area contributed by atoms with Crippen molar-refractivity contribution in [2.75, 3.05) is 57.3 Å². The third-order valence-corrected chi connectivity index (χ3v) is 13.7. The summed E-state index contributed by atoms with van der Waals surface area (Å²) in [5, 5.41) is 7.94. The van der Waals surface area contributed by atoms with E-state index in [1.54, 1.807) is 18.2 Å². The summed E-state index contributed by atoms with van der Waals surface area (Å²) in [6, 6.07) is 21.3. The Balaban J connectivity index is 0.716. The van der Waals surface area contributed by atoms with Gasteiger partial charge in [-0.3, -0.25) is 43.9 Å². The molecule has 3 N–H and O–H groups in total. The lowest BCUT2D eigenvalue weighted by Gasteiger charge is -2.35. The first-order valence-electron chi connectivity index (χ1n) is 22.2. The molecule has 3 aromatic carbocycles. The fourth-order valence-electron chi connectivity index (χ4n) is 9.14. The summed E-state index contributed by atoms with van der Waals surface area (Å²) in [5.74, 6) is 0.414. The summed E-state index contributed by atoms with van der Waals surface area (Å²) < 4.78 is 7.90.